The summed E-state index contributed by atoms with van der Waals surface area (Å²) in [6.45, 7) is 0.357. The van der Waals surface area contributed by atoms with E-state index in [9.17, 15) is 18.8 Å². The first-order valence-electron chi connectivity index (χ1n) is 11.1. The molecule has 0 bridgehead atoms. The molecule has 1 heterocycles. The third-order valence-electron chi connectivity index (χ3n) is 5.72. The molecule has 1 aliphatic rings. The van der Waals surface area contributed by atoms with E-state index in [1.54, 1.807) is 12.1 Å². The van der Waals surface area contributed by atoms with E-state index >= 15 is 0 Å². The highest BCUT2D eigenvalue weighted by molar-refractivity contribution is 14.1. The van der Waals surface area contributed by atoms with Gasteiger partial charge in [0.1, 0.15) is 23.7 Å². The van der Waals surface area contributed by atoms with Crippen LogP contribution in [0.15, 0.2) is 88.9 Å². The lowest BCUT2D eigenvalue weighted by Crippen LogP contribution is -2.54. The Morgan fingerprint density at radius 1 is 0.946 bits per heavy atom. The molecule has 0 atom stereocenters. The van der Waals surface area contributed by atoms with Gasteiger partial charge < -0.3 is 4.74 Å². The van der Waals surface area contributed by atoms with Crippen LogP contribution in [0, 0.1) is 9.39 Å². The van der Waals surface area contributed by atoms with Crippen molar-refractivity contribution < 1.29 is 23.5 Å². The van der Waals surface area contributed by atoms with Gasteiger partial charge in [0.25, 0.3) is 11.8 Å². The summed E-state index contributed by atoms with van der Waals surface area (Å²) in [5, 5.41) is 4.44. The van der Waals surface area contributed by atoms with Gasteiger partial charge in [0, 0.05) is 0 Å². The summed E-state index contributed by atoms with van der Waals surface area (Å²) in [5.41, 5.74) is 1.50. The number of anilines is 1. The number of ether oxygens (including phenoxy) is 1. The summed E-state index contributed by atoms with van der Waals surface area (Å²) >= 11 is 5.65. The van der Waals surface area contributed by atoms with Gasteiger partial charge in [0.15, 0.2) is 0 Å². The Bertz CT molecular complexity index is 1580. The minimum absolute atomic E-state index is 0.149. The molecule has 1 aliphatic heterocycles. The molecule has 9 heteroatoms. The summed E-state index contributed by atoms with van der Waals surface area (Å²) in [7, 11) is 0. The van der Waals surface area contributed by atoms with Gasteiger partial charge in [-0.25, -0.2) is 14.1 Å². The first-order chi connectivity index (χ1) is 17.8. The molecule has 4 amide bonds. The van der Waals surface area contributed by atoms with E-state index in [0.29, 0.717) is 22.4 Å². The number of carbonyl (C=O) groups excluding carboxylic acids is 3. The molecule has 0 aromatic heterocycles. The van der Waals surface area contributed by atoms with Crippen LogP contribution in [0.4, 0.5) is 14.9 Å². The Labute approximate surface area is 233 Å². The maximum atomic E-state index is 13.3. The molecule has 0 unspecified atom stereocenters. The minimum atomic E-state index is -0.896. The van der Waals surface area contributed by atoms with Crippen LogP contribution in [0.2, 0.25) is 0 Å². The van der Waals surface area contributed by atoms with Crippen LogP contribution in [-0.2, 0) is 16.2 Å². The lowest BCUT2D eigenvalue weighted by Gasteiger charge is -2.26. The summed E-state index contributed by atoms with van der Waals surface area (Å²) in [4.78, 5) is 38.7. The van der Waals surface area contributed by atoms with Crippen LogP contribution in [0.1, 0.15) is 11.1 Å². The quantitative estimate of drug-likeness (QED) is 0.148. The number of fused-ring (bicyclic) bond motifs is 1. The molecule has 1 N–H and O–H groups in total. The summed E-state index contributed by atoms with van der Waals surface area (Å²) in [5.74, 6) is -1.50. The van der Waals surface area contributed by atoms with E-state index in [1.807, 2.05) is 24.3 Å². The molecule has 184 valence electrons. The highest BCUT2D eigenvalue weighted by Crippen LogP contribution is 2.34. The van der Waals surface area contributed by atoms with Crippen molar-refractivity contribution in [2.24, 2.45) is 0 Å². The van der Waals surface area contributed by atoms with E-state index in [-0.39, 0.29) is 11.3 Å². The van der Waals surface area contributed by atoms with E-state index < -0.39 is 23.7 Å². The molecule has 0 saturated carbocycles. The molecule has 0 radical (unpaired) electrons. The number of benzene rings is 4. The smallest absolute Gasteiger partial charge is 0.335 e. The van der Waals surface area contributed by atoms with Crippen LogP contribution in [-0.4, -0.2) is 17.8 Å². The zero-order valence-electron chi connectivity index (χ0n) is 19.0. The normalized spacial score (nSPS) is 14.8. The molecule has 1 fully saturated rings. The maximum Gasteiger partial charge on any atom is 0.335 e. The third kappa shape index (κ3) is 5.28. The molecular weight excluding hydrogens is 654 g/mol. The summed E-state index contributed by atoms with van der Waals surface area (Å²) < 4.78 is 20.8. The summed E-state index contributed by atoms with van der Waals surface area (Å²) in [6.07, 6.45) is 1.40. The standard InChI is InChI=1S/C28H17BrFIN2O4/c29-23-13-17(12-22-26(34)32-28(36)33(27(22)35)21-9-7-20(30)8-10-21)14-24(31)25(23)37-15-16-5-6-18-3-1-2-4-19(18)11-16/h1-14H,15H2,(H,32,34,36)/b22-12+. The van der Waals surface area contributed by atoms with E-state index in [4.69, 9.17) is 4.74 Å². The first-order valence-corrected chi connectivity index (χ1v) is 12.9. The Kier molecular flexibility index (Phi) is 7.07. The fourth-order valence-corrected chi connectivity index (χ4v) is 5.70. The highest BCUT2D eigenvalue weighted by Gasteiger charge is 2.36. The van der Waals surface area contributed by atoms with Crippen molar-refractivity contribution in [2.45, 2.75) is 6.61 Å². The molecular formula is C28H17BrFIN2O4. The molecule has 0 aliphatic carbocycles. The lowest BCUT2D eigenvalue weighted by atomic mass is 10.1. The topological polar surface area (TPSA) is 75.7 Å². The number of urea groups is 1. The van der Waals surface area contributed by atoms with E-state index in [2.05, 4.69) is 62.0 Å². The number of hydrogen-bond acceptors (Lipinski definition) is 4. The zero-order chi connectivity index (χ0) is 26.1. The van der Waals surface area contributed by atoms with Gasteiger partial charge >= 0.3 is 6.03 Å². The Balaban J connectivity index is 1.39. The van der Waals surface area contributed by atoms with Crippen molar-refractivity contribution in [3.63, 3.8) is 0 Å². The summed E-state index contributed by atoms with van der Waals surface area (Å²) in [6, 6.07) is 21.7. The fourth-order valence-electron chi connectivity index (χ4n) is 3.93. The molecule has 4 aromatic rings. The van der Waals surface area contributed by atoms with Crippen molar-refractivity contribution in [1.82, 2.24) is 5.32 Å². The van der Waals surface area contributed by atoms with Crippen LogP contribution >= 0.6 is 38.5 Å². The third-order valence-corrected chi connectivity index (χ3v) is 7.11. The minimum Gasteiger partial charge on any atom is -0.487 e. The second-order valence-electron chi connectivity index (χ2n) is 8.22. The van der Waals surface area contributed by atoms with Crippen LogP contribution in [0.25, 0.3) is 16.8 Å². The molecule has 37 heavy (non-hydrogen) atoms. The van der Waals surface area contributed by atoms with Gasteiger partial charge in [0.05, 0.1) is 13.7 Å². The SMILES string of the molecule is O=C1NC(=O)N(c2ccc(F)cc2)C(=O)/C1=C/c1cc(Br)c(OCc2ccc3ccccc3c2)c(I)c1. The fraction of sp³-hybridized carbons (Fsp3) is 0.0357. The second-order valence-corrected chi connectivity index (χ2v) is 10.2. The first kappa shape index (κ1) is 25.1. The number of nitrogens with one attached hydrogen (secondary N) is 1. The van der Waals surface area contributed by atoms with Gasteiger partial charge in [-0.2, -0.15) is 0 Å². The van der Waals surface area contributed by atoms with Crippen molar-refractivity contribution in [3.05, 3.63) is 109 Å². The Morgan fingerprint density at radius 2 is 1.68 bits per heavy atom. The predicted octanol–water partition coefficient (Wildman–Crippen LogP) is 6.59. The van der Waals surface area contributed by atoms with Crippen LogP contribution in [0.5, 0.6) is 5.75 Å². The van der Waals surface area contributed by atoms with Crippen molar-refractivity contribution in [2.75, 3.05) is 4.90 Å². The monoisotopic (exact) mass is 670 g/mol. The molecule has 1 saturated heterocycles. The molecule has 0 spiro atoms. The van der Waals surface area contributed by atoms with E-state index in [0.717, 1.165) is 36.9 Å². The lowest BCUT2D eigenvalue weighted by molar-refractivity contribution is -0.122. The number of amides is 4. The van der Waals surface area contributed by atoms with Crippen LogP contribution in [0.3, 0.4) is 0 Å². The predicted molar refractivity (Wildman–Crippen MR) is 151 cm³/mol. The van der Waals surface area contributed by atoms with Gasteiger partial charge in [-0.15, -0.1) is 0 Å². The number of carbonyl (C=O) groups is 3. The van der Waals surface area contributed by atoms with Crippen molar-refractivity contribution >= 4 is 78.9 Å². The molecule has 5 rings (SSSR count). The Morgan fingerprint density at radius 3 is 2.41 bits per heavy atom. The largest absolute Gasteiger partial charge is 0.487 e. The maximum absolute atomic E-state index is 13.3. The molecule has 6 nitrogen and oxygen atoms in total. The van der Waals surface area contributed by atoms with Gasteiger partial charge in [-0.05, 0) is 109 Å². The average molecular weight is 671 g/mol. The van der Waals surface area contributed by atoms with Gasteiger partial charge in [-0.1, -0.05) is 36.4 Å². The second kappa shape index (κ2) is 10.4. The zero-order valence-corrected chi connectivity index (χ0v) is 22.7. The van der Waals surface area contributed by atoms with Gasteiger partial charge in [-0.3, -0.25) is 14.9 Å². The van der Waals surface area contributed by atoms with Gasteiger partial charge in [0.2, 0.25) is 0 Å². The number of imide groups is 2. The number of barbiturate groups is 1. The van der Waals surface area contributed by atoms with Crippen LogP contribution < -0.4 is 15.0 Å². The van der Waals surface area contributed by atoms with Crippen molar-refractivity contribution in [3.8, 4) is 5.75 Å². The number of halogens is 3. The number of hydrogen-bond donors (Lipinski definition) is 1. The number of nitrogens with zero attached hydrogens (tertiary/aromatic N) is 1. The average Bonchev–Trinajstić information content (AvgIpc) is 2.87. The highest BCUT2D eigenvalue weighted by atomic mass is 127. The Hall–Kier alpha value is -3.57. The number of rotatable bonds is 5. The van der Waals surface area contributed by atoms with E-state index in [1.165, 1.54) is 18.2 Å². The van der Waals surface area contributed by atoms with Crippen molar-refractivity contribution in [1.29, 1.82) is 0 Å². The molecule has 4 aromatic carbocycles.